The van der Waals surface area contributed by atoms with Crippen molar-refractivity contribution in [1.29, 1.82) is 0 Å². The molecular formula is C17H19FN4O3S. The summed E-state index contributed by atoms with van der Waals surface area (Å²) in [5.41, 5.74) is 1.67. The first kappa shape index (κ1) is 18.2. The molecular weight excluding hydrogens is 359 g/mol. The van der Waals surface area contributed by atoms with Crippen LogP contribution in [-0.4, -0.2) is 34.9 Å². The van der Waals surface area contributed by atoms with E-state index >= 15 is 0 Å². The third-order valence-electron chi connectivity index (χ3n) is 4.31. The molecule has 26 heavy (non-hydrogen) atoms. The second-order valence-electron chi connectivity index (χ2n) is 6.02. The average molecular weight is 378 g/mol. The van der Waals surface area contributed by atoms with Gasteiger partial charge in [0.05, 0.1) is 11.1 Å². The van der Waals surface area contributed by atoms with Crippen LogP contribution in [0.1, 0.15) is 49.7 Å². The van der Waals surface area contributed by atoms with Crippen molar-refractivity contribution in [2.24, 2.45) is 0 Å². The number of aldehydes is 1. The highest BCUT2D eigenvalue weighted by molar-refractivity contribution is 7.17. The molecule has 2 aromatic heterocycles. The summed E-state index contributed by atoms with van der Waals surface area (Å²) in [5.74, 6) is -0.610. The number of alkyl halides is 1. The van der Waals surface area contributed by atoms with Gasteiger partial charge in [0.2, 0.25) is 5.91 Å². The molecule has 0 saturated heterocycles. The van der Waals surface area contributed by atoms with Crippen molar-refractivity contribution in [2.75, 3.05) is 12.4 Å². The number of carbonyl (C=O) groups excluding carboxylic acids is 3. The van der Waals surface area contributed by atoms with Gasteiger partial charge in [-0.1, -0.05) is 0 Å². The molecule has 9 heteroatoms. The second kappa shape index (κ2) is 7.77. The molecule has 7 nitrogen and oxygen atoms in total. The van der Waals surface area contributed by atoms with Gasteiger partial charge in [-0.25, -0.2) is 4.39 Å². The Balaban J connectivity index is 1.81. The van der Waals surface area contributed by atoms with Gasteiger partial charge in [-0.15, -0.1) is 11.3 Å². The summed E-state index contributed by atoms with van der Waals surface area (Å²) in [4.78, 5) is 36.7. The van der Waals surface area contributed by atoms with Crippen molar-refractivity contribution in [3.63, 3.8) is 0 Å². The van der Waals surface area contributed by atoms with Crippen LogP contribution in [0, 0.1) is 0 Å². The summed E-state index contributed by atoms with van der Waals surface area (Å²) in [6.07, 6.45) is 5.67. The summed E-state index contributed by atoms with van der Waals surface area (Å²) in [5, 5.41) is 9.81. The van der Waals surface area contributed by atoms with E-state index in [9.17, 15) is 18.8 Å². The fraction of sp³-hybridized carbons (Fsp3) is 0.412. The molecule has 1 aliphatic rings. The number of hydrogen-bond donors (Lipinski definition) is 2. The molecule has 1 aliphatic carbocycles. The third kappa shape index (κ3) is 3.52. The van der Waals surface area contributed by atoms with Gasteiger partial charge in [-0.3, -0.25) is 19.1 Å². The van der Waals surface area contributed by atoms with E-state index in [2.05, 4.69) is 15.7 Å². The fourth-order valence-corrected chi connectivity index (χ4v) is 4.40. The monoisotopic (exact) mass is 378 g/mol. The van der Waals surface area contributed by atoms with E-state index in [4.69, 9.17) is 0 Å². The largest absolute Gasteiger partial charge is 0.355 e. The lowest BCUT2D eigenvalue weighted by atomic mass is 9.95. The van der Waals surface area contributed by atoms with Crippen LogP contribution in [0.5, 0.6) is 0 Å². The molecule has 2 amide bonds. The zero-order chi connectivity index (χ0) is 18.7. The molecule has 0 unspecified atom stereocenters. The predicted molar refractivity (Wildman–Crippen MR) is 95.4 cm³/mol. The first-order valence-corrected chi connectivity index (χ1v) is 9.13. The zero-order valence-electron chi connectivity index (χ0n) is 14.3. The number of aryl methyl sites for hydroxylation is 1. The topological polar surface area (TPSA) is 93.1 Å². The van der Waals surface area contributed by atoms with Crippen LogP contribution < -0.4 is 10.6 Å². The average Bonchev–Trinajstić information content (AvgIpc) is 3.20. The SMILES string of the molecule is CNC(=O)c1c(NC(=O)Cn2cc(C=O)c(CF)n2)sc2c1CCCC2. The summed E-state index contributed by atoms with van der Waals surface area (Å²) in [7, 11) is 1.56. The highest BCUT2D eigenvalue weighted by Gasteiger charge is 2.25. The van der Waals surface area contributed by atoms with Crippen molar-refractivity contribution in [2.45, 2.75) is 38.9 Å². The van der Waals surface area contributed by atoms with Gasteiger partial charge in [0.15, 0.2) is 6.29 Å². The van der Waals surface area contributed by atoms with E-state index in [1.54, 1.807) is 7.05 Å². The Hall–Kier alpha value is -2.55. The lowest BCUT2D eigenvalue weighted by molar-refractivity contribution is -0.116. The minimum absolute atomic E-state index is 0.00503. The van der Waals surface area contributed by atoms with Crippen molar-refractivity contribution in [3.05, 3.63) is 33.5 Å². The van der Waals surface area contributed by atoms with Gasteiger partial charge in [0, 0.05) is 18.1 Å². The Morgan fingerprint density at radius 1 is 1.38 bits per heavy atom. The molecule has 0 saturated carbocycles. The van der Waals surface area contributed by atoms with Crippen LogP contribution in [0.2, 0.25) is 0 Å². The molecule has 138 valence electrons. The van der Waals surface area contributed by atoms with E-state index in [1.165, 1.54) is 22.2 Å². The number of rotatable bonds is 6. The second-order valence-corrected chi connectivity index (χ2v) is 7.13. The summed E-state index contributed by atoms with van der Waals surface area (Å²) in [6, 6.07) is 0. The number of nitrogens with one attached hydrogen (secondary N) is 2. The van der Waals surface area contributed by atoms with Crippen molar-refractivity contribution < 1.29 is 18.8 Å². The number of aromatic nitrogens is 2. The van der Waals surface area contributed by atoms with E-state index in [0.717, 1.165) is 36.1 Å². The molecule has 0 aromatic carbocycles. The predicted octanol–water partition coefficient (Wildman–Crippen LogP) is 2.10. The lowest BCUT2D eigenvalue weighted by Crippen LogP contribution is -2.23. The van der Waals surface area contributed by atoms with Crippen LogP contribution in [0.15, 0.2) is 6.20 Å². The number of carbonyl (C=O) groups is 3. The third-order valence-corrected chi connectivity index (χ3v) is 5.52. The number of halogens is 1. The van der Waals surface area contributed by atoms with Gasteiger partial charge in [-0.2, -0.15) is 5.10 Å². The Labute approximate surface area is 153 Å². The van der Waals surface area contributed by atoms with E-state index < -0.39 is 6.67 Å². The van der Waals surface area contributed by atoms with Crippen LogP contribution in [0.25, 0.3) is 0 Å². The number of anilines is 1. The first-order valence-electron chi connectivity index (χ1n) is 8.31. The maximum atomic E-state index is 12.8. The van der Waals surface area contributed by atoms with Crippen molar-refractivity contribution >= 4 is 34.4 Å². The Kier molecular flexibility index (Phi) is 5.46. The molecule has 0 fully saturated rings. The van der Waals surface area contributed by atoms with E-state index in [0.29, 0.717) is 16.9 Å². The minimum atomic E-state index is -0.874. The fourth-order valence-electron chi connectivity index (χ4n) is 3.09. The first-order chi connectivity index (χ1) is 12.6. The van der Waals surface area contributed by atoms with Crippen molar-refractivity contribution in [3.8, 4) is 0 Å². The maximum Gasteiger partial charge on any atom is 0.254 e. The molecule has 0 spiro atoms. The van der Waals surface area contributed by atoms with Gasteiger partial charge >= 0.3 is 0 Å². The van der Waals surface area contributed by atoms with Crippen LogP contribution >= 0.6 is 11.3 Å². The summed E-state index contributed by atoms with van der Waals surface area (Å²) < 4.78 is 14.0. The number of fused-ring (bicyclic) bond motifs is 1. The van der Waals surface area contributed by atoms with Gasteiger partial charge in [-0.05, 0) is 31.2 Å². The zero-order valence-corrected chi connectivity index (χ0v) is 15.1. The van der Waals surface area contributed by atoms with Crippen molar-refractivity contribution in [1.82, 2.24) is 15.1 Å². The molecule has 3 rings (SSSR count). The number of thiophene rings is 1. The standard InChI is InChI=1S/C17H19FN4O3S/c1-19-16(25)15-11-4-2-3-5-13(11)26-17(15)20-14(24)8-22-7-10(9-23)12(6-18)21-22/h7,9H,2-6,8H2,1H3,(H,19,25)(H,20,24). The normalized spacial score (nSPS) is 13.2. The van der Waals surface area contributed by atoms with Gasteiger partial charge in [0.25, 0.3) is 5.91 Å². The Bertz CT molecular complexity index is 859. The Morgan fingerprint density at radius 3 is 2.81 bits per heavy atom. The number of amides is 2. The maximum absolute atomic E-state index is 12.8. The Morgan fingerprint density at radius 2 is 2.15 bits per heavy atom. The quantitative estimate of drug-likeness (QED) is 0.753. The van der Waals surface area contributed by atoms with Crippen LogP contribution in [0.4, 0.5) is 9.39 Å². The van der Waals surface area contributed by atoms with Crippen LogP contribution in [0.3, 0.4) is 0 Å². The van der Waals surface area contributed by atoms with E-state index in [-0.39, 0.29) is 29.6 Å². The van der Waals surface area contributed by atoms with Gasteiger partial charge in [0.1, 0.15) is 23.9 Å². The number of hydrogen-bond acceptors (Lipinski definition) is 5. The molecule has 0 atom stereocenters. The summed E-state index contributed by atoms with van der Waals surface area (Å²) in [6.45, 7) is -1.04. The highest BCUT2D eigenvalue weighted by Crippen LogP contribution is 2.38. The minimum Gasteiger partial charge on any atom is -0.355 e. The highest BCUT2D eigenvalue weighted by atomic mass is 32.1. The smallest absolute Gasteiger partial charge is 0.254 e. The lowest BCUT2D eigenvalue weighted by Gasteiger charge is -2.12. The molecule has 2 N–H and O–H groups in total. The molecule has 2 aromatic rings. The molecule has 0 aliphatic heterocycles. The molecule has 0 radical (unpaired) electrons. The summed E-state index contributed by atoms with van der Waals surface area (Å²) >= 11 is 1.42. The molecule has 0 bridgehead atoms. The molecule has 2 heterocycles. The van der Waals surface area contributed by atoms with Crippen LogP contribution in [-0.2, 0) is 30.9 Å². The van der Waals surface area contributed by atoms with E-state index in [1.807, 2.05) is 0 Å². The van der Waals surface area contributed by atoms with Gasteiger partial charge < -0.3 is 10.6 Å². The number of nitrogens with zero attached hydrogens (tertiary/aromatic N) is 2.